The first-order valence-electron chi connectivity index (χ1n) is 4.62. The number of nitrogens with two attached hydrogens (primary N) is 1. The van der Waals surface area contributed by atoms with Gasteiger partial charge in [0.1, 0.15) is 11.6 Å². The maximum Gasteiger partial charge on any atom is 0.320 e. The van der Waals surface area contributed by atoms with Crippen LogP contribution in [0, 0.1) is 0 Å². The fourth-order valence-electron chi connectivity index (χ4n) is 1.56. The lowest BCUT2D eigenvalue weighted by molar-refractivity contribution is -0.138. The molecule has 0 aliphatic carbocycles. The van der Waals surface area contributed by atoms with Gasteiger partial charge in [-0.05, 0) is 24.1 Å². The molecule has 0 aliphatic rings. The molecule has 1 aromatic carbocycles. The summed E-state index contributed by atoms with van der Waals surface area (Å²) in [5.74, 6) is -0.990. The third-order valence-electron chi connectivity index (χ3n) is 2.34. The van der Waals surface area contributed by atoms with Crippen LogP contribution in [0.25, 0.3) is 11.0 Å². The van der Waals surface area contributed by atoms with Crippen LogP contribution >= 0.6 is 0 Å². The minimum atomic E-state index is -0.990. The number of carboxylic acids is 1. The lowest BCUT2D eigenvalue weighted by atomic mass is 10.0. The van der Waals surface area contributed by atoms with Crippen LogP contribution in [-0.4, -0.2) is 17.1 Å². The van der Waals surface area contributed by atoms with Gasteiger partial charge in [-0.2, -0.15) is 0 Å². The molecule has 4 heteroatoms. The average Bonchev–Trinajstić information content (AvgIpc) is 2.66. The molecular weight excluding hydrogens is 194 g/mol. The molecule has 0 spiro atoms. The van der Waals surface area contributed by atoms with E-state index >= 15 is 0 Å². The standard InChI is InChI=1S/C11H11NO3/c12-9(11(13)14)6-7-2-1-3-10-8(7)4-5-15-10/h1-5,9H,6,12H2,(H,13,14). The number of rotatable bonds is 3. The summed E-state index contributed by atoms with van der Waals surface area (Å²) in [6.45, 7) is 0. The van der Waals surface area contributed by atoms with Gasteiger partial charge in [-0.1, -0.05) is 12.1 Å². The Morgan fingerprint density at radius 3 is 3.00 bits per heavy atom. The predicted molar refractivity (Wildman–Crippen MR) is 55.5 cm³/mol. The van der Waals surface area contributed by atoms with Crippen LogP contribution in [0.3, 0.4) is 0 Å². The van der Waals surface area contributed by atoms with E-state index < -0.39 is 12.0 Å². The predicted octanol–water partition coefficient (Wildman–Crippen LogP) is 1.39. The average molecular weight is 205 g/mol. The highest BCUT2D eigenvalue weighted by atomic mass is 16.4. The summed E-state index contributed by atoms with van der Waals surface area (Å²) >= 11 is 0. The van der Waals surface area contributed by atoms with Crippen LogP contribution < -0.4 is 5.73 Å². The second-order valence-corrected chi connectivity index (χ2v) is 3.40. The summed E-state index contributed by atoms with van der Waals surface area (Å²) in [4.78, 5) is 10.6. The monoisotopic (exact) mass is 205 g/mol. The second kappa shape index (κ2) is 3.74. The van der Waals surface area contributed by atoms with Gasteiger partial charge in [0.15, 0.2) is 0 Å². The molecular formula is C11H11NO3. The molecule has 78 valence electrons. The van der Waals surface area contributed by atoms with Crippen molar-refractivity contribution in [2.24, 2.45) is 5.73 Å². The molecule has 1 atom stereocenters. The number of furan rings is 1. The van der Waals surface area contributed by atoms with Crippen molar-refractivity contribution in [3.05, 3.63) is 36.1 Å². The first kappa shape index (κ1) is 9.73. The van der Waals surface area contributed by atoms with E-state index in [1.54, 1.807) is 6.26 Å². The molecule has 15 heavy (non-hydrogen) atoms. The van der Waals surface area contributed by atoms with Crippen molar-refractivity contribution in [1.82, 2.24) is 0 Å². The molecule has 0 saturated carbocycles. The van der Waals surface area contributed by atoms with Gasteiger partial charge >= 0.3 is 5.97 Å². The van der Waals surface area contributed by atoms with Gasteiger partial charge in [0, 0.05) is 5.39 Å². The maximum absolute atomic E-state index is 10.6. The number of hydrogen-bond acceptors (Lipinski definition) is 3. The van der Waals surface area contributed by atoms with Crippen LogP contribution in [0.2, 0.25) is 0 Å². The maximum atomic E-state index is 10.6. The van der Waals surface area contributed by atoms with E-state index in [9.17, 15) is 4.79 Å². The lowest BCUT2D eigenvalue weighted by Crippen LogP contribution is -2.32. The second-order valence-electron chi connectivity index (χ2n) is 3.40. The number of carbonyl (C=O) groups is 1. The topological polar surface area (TPSA) is 76.5 Å². The van der Waals surface area contributed by atoms with Gasteiger partial charge in [0.05, 0.1) is 6.26 Å². The van der Waals surface area contributed by atoms with Crippen molar-refractivity contribution in [2.45, 2.75) is 12.5 Å². The summed E-state index contributed by atoms with van der Waals surface area (Å²) in [7, 11) is 0. The summed E-state index contributed by atoms with van der Waals surface area (Å²) in [5, 5.41) is 9.64. The molecule has 0 aliphatic heterocycles. The minimum absolute atomic E-state index is 0.312. The van der Waals surface area contributed by atoms with Gasteiger partial charge in [-0.15, -0.1) is 0 Å². The van der Waals surface area contributed by atoms with Crippen LogP contribution in [0.15, 0.2) is 34.9 Å². The Balaban J connectivity index is 2.35. The van der Waals surface area contributed by atoms with Gasteiger partial charge in [0.2, 0.25) is 0 Å². The molecule has 1 aromatic heterocycles. The molecule has 2 rings (SSSR count). The van der Waals surface area contributed by atoms with Crippen molar-refractivity contribution in [2.75, 3.05) is 0 Å². The first-order chi connectivity index (χ1) is 7.18. The molecule has 4 nitrogen and oxygen atoms in total. The van der Waals surface area contributed by atoms with Gasteiger partial charge in [-0.3, -0.25) is 4.79 Å². The number of carboxylic acid groups (broad SMARTS) is 1. The fraction of sp³-hybridized carbons (Fsp3) is 0.182. The van der Waals surface area contributed by atoms with E-state index in [4.69, 9.17) is 15.3 Å². The zero-order valence-corrected chi connectivity index (χ0v) is 8.01. The van der Waals surface area contributed by atoms with Gasteiger partial charge in [-0.25, -0.2) is 0 Å². The van der Waals surface area contributed by atoms with Crippen molar-refractivity contribution in [1.29, 1.82) is 0 Å². The molecule has 0 amide bonds. The molecule has 0 radical (unpaired) electrons. The highest BCUT2D eigenvalue weighted by Gasteiger charge is 2.14. The Labute approximate surface area is 86.3 Å². The molecule has 1 heterocycles. The number of hydrogen-bond donors (Lipinski definition) is 2. The Hall–Kier alpha value is -1.81. The zero-order chi connectivity index (χ0) is 10.8. The summed E-state index contributed by atoms with van der Waals surface area (Å²) in [5.41, 5.74) is 7.13. The molecule has 0 saturated heterocycles. The normalized spacial score (nSPS) is 12.9. The smallest absolute Gasteiger partial charge is 0.320 e. The summed E-state index contributed by atoms with van der Waals surface area (Å²) in [6, 6.07) is 6.48. The zero-order valence-electron chi connectivity index (χ0n) is 8.01. The fourth-order valence-corrected chi connectivity index (χ4v) is 1.56. The minimum Gasteiger partial charge on any atom is -0.480 e. The van der Waals surface area contributed by atoms with Gasteiger partial charge < -0.3 is 15.3 Å². The van der Waals surface area contributed by atoms with Crippen molar-refractivity contribution in [3.8, 4) is 0 Å². The van der Waals surface area contributed by atoms with Crippen LogP contribution in [0.4, 0.5) is 0 Å². The SMILES string of the molecule is NC(Cc1cccc2occc12)C(=O)O. The third-order valence-corrected chi connectivity index (χ3v) is 2.34. The first-order valence-corrected chi connectivity index (χ1v) is 4.62. The van der Waals surface area contributed by atoms with E-state index in [0.717, 1.165) is 16.5 Å². The highest BCUT2D eigenvalue weighted by molar-refractivity contribution is 5.82. The molecule has 0 bridgehead atoms. The molecule has 2 aromatic rings. The van der Waals surface area contributed by atoms with E-state index in [1.165, 1.54) is 0 Å². The quantitative estimate of drug-likeness (QED) is 0.793. The molecule has 1 unspecified atom stereocenters. The van der Waals surface area contributed by atoms with E-state index in [1.807, 2.05) is 24.3 Å². The van der Waals surface area contributed by atoms with Crippen molar-refractivity contribution >= 4 is 16.9 Å². The Morgan fingerprint density at radius 2 is 2.27 bits per heavy atom. The number of aliphatic carboxylic acids is 1. The molecule has 3 N–H and O–H groups in total. The summed E-state index contributed by atoms with van der Waals surface area (Å²) < 4.78 is 5.21. The van der Waals surface area contributed by atoms with E-state index in [-0.39, 0.29) is 0 Å². The van der Waals surface area contributed by atoms with E-state index in [2.05, 4.69) is 0 Å². The lowest BCUT2D eigenvalue weighted by Gasteiger charge is -2.06. The van der Waals surface area contributed by atoms with Gasteiger partial charge in [0.25, 0.3) is 0 Å². The van der Waals surface area contributed by atoms with Crippen molar-refractivity contribution in [3.63, 3.8) is 0 Å². The van der Waals surface area contributed by atoms with Crippen LogP contribution in [0.1, 0.15) is 5.56 Å². The Bertz CT molecular complexity index is 489. The van der Waals surface area contributed by atoms with E-state index in [0.29, 0.717) is 6.42 Å². The third kappa shape index (κ3) is 1.85. The summed E-state index contributed by atoms with van der Waals surface area (Å²) in [6.07, 6.45) is 1.90. The van der Waals surface area contributed by atoms with Crippen LogP contribution in [-0.2, 0) is 11.2 Å². The Kier molecular flexibility index (Phi) is 2.43. The number of fused-ring (bicyclic) bond motifs is 1. The number of benzene rings is 1. The Morgan fingerprint density at radius 1 is 1.47 bits per heavy atom. The molecule has 0 fully saturated rings. The largest absolute Gasteiger partial charge is 0.480 e. The highest BCUT2D eigenvalue weighted by Crippen LogP contribution is 2.20. The van der Waals surface area contributed by atoms with Crippen LogP contribution in [0.5, 0.6) is 0 Å². The van der Waals surface area contributed by atoms with Crippen molar-refractivity contribution < 1.29 is 14.3 Å².